The number of primary amides is 1. The van der Waals surface area contributed by atoms with Gasteiger partial charge in [0, 0.05) is 23.9 Å². The maximum atomic E-state index is 11.6. The fourth-order valence-corrected chi connectivity index (χ4v) is 1.93. The molecule has 7 heteroatoms. The summed E-state index contributed by atoms with van der Waals surface area (Å²) in [6.07, 6.45) is 2.50. The number of carboxylic acids is 1. The van der Waals surface area contributed by atoms with Gasteiger partial charge in [0.05, 0.1) is 4.88 Å². The highest BCUT2D eigenvalue weighted by Crippen LogP contribution is 2.17. The molecule has 2 amide bonds. The molecule has 0 aromatic carbocycles. The molecule has 18 heavy (non-hydrogen) atoms. The van der Waals surface area contributed by atoms with Crippen LogP contribution in [0.15, 0.2) is 18.2 Å². The van der Waals surface area contributed by atoms with Gasteiger partial charge in [-0.3, -0.25) is 9.59 Å². The van der Waals surface area contributed by atoms with Gasteiger partial charge in [0.15, 0.2) is 0 Å². The minimum absolute atomic E-state index is 0.0862. The number of rotatable bonds is 6. The first-order valence-electron chi connectivity index (χ1n) is 5.06. The standard InChI is InChI=1S/C11H12N2O4S/c12-9(14)5-6-13-11(17)8-3-1-7(18-8)2-4-10(15)16/h1-4H,5-6H2,(H2,12,14)(H,13,17)(H,15,16). The second-order valence-corrected chi connectivity index (χ2v) is 4.46. The fourth-order valence-electron chi connectivity index (χ4n) is 1.10. The topological polar surface area (TPSA) is 109 Å². The molecule has 0 spiro atoms. The molecule has 0 unspecified atom stereocenters. The van der Waals surface area contributed by atoms with Crippen LogP contribution in [0.5, 0.6) is 0 Å². The molecule has 0 aliphatic carbocycles. The lowest BCUT2D eigenvalue weighted by Gasteiger charge is -2.00. The lowest BCUT2D eigenvalue weighted by Crippen LogP contribution is -2.27. The molecule has 1 aromatic rings. The van der Waals surface area contributed by atoms with Gasteiger partial charge in [0.25, 0.3) is 5.91 Å². The summed E-state index contributed by atoms with van der Waals surface area (Å²) in [4.78, 5) is 33.5. The number of hydrogen-bond donors (Lipinski definition) is 3. The third kappa shape index (κ3) is 4.79. The molecule has 4 N–H and O–H groups in total. The van der Waals surface area contributed by atoms with Crippen LogP contribution in [-0.2, 0) is 9.59 Å². The van der Waals surface area contributed by atoms with Gasteiger partial charge in [0.1, 0.15) is 0 Å². The van der Waals surface area contributed by atoms with Crippen molar-refractivity contribution < 1.29 is 19.5 Å². The molecule has 1 heterocycles. The molecule has 0 bridgehead atoms. The fraction of sp³-hybridized carbons (Fsp3) is 0.182. The summed E-state index contributed by atoms with van der Waals surface area (Å²) in [6.45, 7) is 0.187. The van der Waals surface area contributed by atoms with E-state index in [4.69, 9.17) is 10.8 Å². The number of nitrogens with one attached hydrogen (secondary N) is 1. The molecule has 1 rings (SSSR count). The van der Waals surface area contributed by atoms with E-state index in [1.807, 2.05) is 0 Å². The van der Waals surface area contributed by atoms with Crippen LogP contribution in [0.1, 0.15) is 21.0 Å². The van der Waals surface area contributed by atoms with Crippen molar-refractivity contribution in [3.63, 3.8) is 0 Å². The minimum atomic E-state index is -1.05. The molecule has 0 atom stereocenters. The molecule has 0 saturated carbocycles. The van der Waals surface area contributed by atoms with Crippen molar-refractivity contribution in [2.24, 2.45) is 5.73 Å². The Kier molecular flexibility index (Phi) is 5.06. The van der Waals surface area contributed by atoms with E-state index in [0.29, 0.717) is 9.75 Å². The summed E-state index contributed by atoms with van der Waals surface area (Å²) in [5, 5.41) is 11.0. The molecule has 96 valence electrons. The summed E-state index contributed by atoms with van der Waals surface area (Å²) < 4.78 is 0. The zero-order chi connectivity index (χ0) is 13.5. The van der Waals surface area contributed by atoms with Crippen LogP contribution in [0, 0.1) is 0 Å². The van der Waals surface area contributed by atoms with Crippen LogP contribution in [-0.4, -0.2) is 29.4 Å². The quantitative estimate of drug-likeness (QED) is 0.651. The zero-order valence-electron chi connectivity index (χ0n) is 9.38. The molecular formula is C11H12N2O4S. The highest BCUT2D eigenvalue weighted by Gasteiger charge is 2.08. The SMILES string of the molecule is NC(=O)CCNC(=O)c1ccc(C=CC(=O)O)s1. The van der Waals surface area contributed by atoms with Crippen LogP contribution in [0.3, 0.4) is 0 Å². The second-order valence-electron chi connectivity index (χ2n) is 3.35. The van der Waals surface area contributed by atoms with Gasteiger partial charge in [-0.15, -0.1) is 11.3 Å². The van der Waals surface area contributed by atoms with Gasteiger partial charge in [-0.25, -0.2) is 4.79 Å². The average Bonchev–Trinajstić information content (AvgIpc) is 2.74. The third-order valence-corrected chi connectivity index (χ3v) is 2.95. The van der Waals surface area contributed by atoms with Gasteiger partial charge < -0.3 is 16.2 Å². The number of carbonyl (C=O) groups is 3. The maximum Gasteiger partial charge on any atom is 0.328 e. The smallest absolute Gasteiger partial charge is 0.328 e. The number of hydrogen-bond acceptors (Lipinski definition) is 4. The van der Waals surface area contributed by atoms with Crippen molar-refractivity contribution >= 4 is 35.2 Å². The van der Waals surface area contributed by atoms with Crippen LogP contribution in [0.25, 0.3) is 6.08 Å². The van der Waals surface area contributed by atoms with Gasteiger partial charge in [0.2, 0.25) is 5.91 Å². The first-order chi connectivity index (χ1) is 8.49. The Morgan fingerprint density at radius 2 is 2.11 bits per heavy atom. The molecule has 0 saturated heterocycles. The first-order valence-corrected chi connectivity index (χ1v) is 5.88. The normalized spacial score (nSPS) is 10.4. The summed E-state index contributed by atoms with van der Waals surface area (Å²) in [7, 11) is 0. The van der Waals surface area contributed by atoms with Gasteiger partial charge >= 0.3 is 5.97 Å². The van der Waals surface area contributed by atoms with E-state index >= 15 is 0 Å². The predicted molar refractivity (Wildman–Crippen MR) is 67.1 cm³/mol. The van der Waals surface area contributed by atoms with E-state index in [-0.39, 0.29) is 18.9 Å². The molecule has 0 aliphatic rings. The second kappa shape index (κ2) is 6.55. The summed E-state index contributed by atoms with van der Waals surface area (Å²) in [6, 6.07) is 3.24. The van der Waals surface area contributed by atoms with Crippen molar-refractivity contribution in [3.05, 3.63) is 28.0 Å². The van der Waals surface area contributed by atoms with E-state index in [1.165, 1.54) is 6.08 Å². The Morgan fingerprint density at radius 1 is 1.39 bits per heavy atom. The Labute approximate surface area is 107 Å². The van der Waals surface area contributed by atoms with Gasteiger partial charge in [-0.2, -0.15) is 0 Å². The van der Waals surface area contributed by atoms with Gasteiger partial charge in [-0.05, 0) is 18.2 Å². The van der Waals surface area contributed by atoms with E-state index in [2.05, 4.69) is 5.32 Å². The van der Waals surface area contributed by atoms with Gasteiger partial charge in [-0.1, -0.05) is 0 Å². The van der Waals surface area contributed by atoms with Crippen LogP contribution in [0.4, 0.5) is 0 Å². The number of nitrogens with two attached hydrogens (primary N) is 1. The largest absolute Gasteiger partial charge is 0.478 e. The summed E-state index contributed by atoms with van der Waals surface area (Å²) >= 11 is 1.16. The lowest BCUT2D eigenvalue weighted by molar-refractivity contribution is -0.131. The molecule has 1 aromatic heterocycles. The van der Waals surface area contributed by atoms with Crippen LogP contribution in [0.2, 0.25) is 0 Å². The molecular weight excluding hydrogens is 256 g/mol. The average molecular weight is 268 g/mol. The van der Waals surface area contributed by atoms with E-state index < -0.39 is 11.9 Å². The van der Waals surface area contributed by atoms with Crippen molar-refractivity contribution in [1.29, 1.82) is 0 Å². The maximum absolute atomic E-state index is 11.6. The Bertz CT molecular complexity index is 493. The molecule has 6 nitrogen and oxygen atoms in total. The Hall–Kier alpha value is -2.15. The molecule has 0 aliphatic heterocycles. The third-order valence-electron chi connectivity index (χ3n) is 1.90. The molecule has 0 radical (unpaired) electrons. The lowest BCUT2D eigenvalue weighted by atomic mass is 10.3. The van der Waals surface area contributed by atoms with E-state index in [9.17, 15) is 14.4 Å². The number of aliphatic carboxylic acids is 1. The van der Waals surface area contributed by atoms with Crippen molar-refractivity contribution in [3.8, 4) is 0 Å². The predicted octanol–water partition coefficient (Wildman–Crippen LogP) is 0.451. The summed E-state index contributed by atoms with van der Waals surface area (Å²) in [5.74, 6) is -1.83. The zero-order valence-corrected chi connectivity index (χ0v) is 10.2. The highest BCUT2D eigenvalue weighted by molar-refractivity contribution is 7.14. The van der Waals surface area contributed by atoms with Crippen molar-refractivity contribution in [2.75, 3.05) is 6.54 Å². The first kappa shape index (κ1) is 13.9. The number of carboxylic acid groups (broad SMARTS) is 1. The van der Waals surface area contributed by atoms with Crippen molar-refractivity contribution in [2.45, 2.75) is 6.42 Å². The number of amides is 2. The number of thiophene rings is 1. The van der Waals surface area contributed by atoms with Crippen molar-refractivity contribution in [1.82, 2.24) is 5.32 Å². The number of carbonyl (C=O) groups excluding carboxylic acids is 2. The Morgan fingerprint density at radius 3 is 2.72 bits per heavy atom. The Balaban J connectivity index is 2.54. The van der Waals surface area contributed by atoms with E-state index in [1.54, 1.807) is 12.1 Å². The van der Waals surface area contributed by atoms with Crippen LogP contribution < -0.4 is 11.1 Å². The minimum Gasteiger partial charge on any atom is -0.478 e. The monoisotopic (exact) mass is 268 g/mol. The molecule has 0 fully saturated rings. The summed E-state index contributed by atoms with van der Waals surface area (Å²) in [5.41, 5.74) is 4.94. The van der Waals surface area contributed by atoms with Crippen LogP contribution >= 0.6 is 11.3 Å². The van der Waals surface area contributed by atoms with E-state index in [0.717, 1.165) is 17.4 Å². The highest BCUT2D eigenvalue weighted by atomic mass is 32.1.